The molecular formula is C22H34IN7O2. The van der Waals surface area contributed by atoms with Gasteiger partial charge in [0.15, 0.2) is 5.96 Å². The van der Waals surface area contributed by atoms with Crippen LogP contribution in [0, 0.1) is 0 Å². The number of nitrogens with zero attached hydrogens (tertiary/aromatic N) is 6. The van der Waals surface area contributed by atoms with Crippen molar-refractivity contribution in [1.82, 2.24) is 29.9 Å². The molecule has 2 heterocycles. The maximum atomic E-state index is 12.0. The molecule has 0 unspecified atom stereocenters. The highest BCUT2D eigenvalue weighted by Gasteiger charge is 2.23. The summed E-state index contributed by atoms with van der Waals surface area (Å²) < 4.78 is 7.19. The molecule has 1 amide bonds. The van der Waals surface area contributed by atoms with Gasteiger partial charge in [-0.25, -0.2) is 4.79 Å². The lowest BCUT2D eigenvalue weighted by atomic mass is 10.2. The lowest BCUT2D eigenvalue weighted by Crippen LogP contribution is -2.54. The number of hydrogen-bond donors (Lipinski definition) is 1. The molecule has 10 heteroatoms. The summed E-state index contributed by atoms with van der Waals surface area (Å²) in [6.45, 7) is 9.22. The predicted octanol–water partition coefficient (Wildman–Crippen LogP) is 2.42. The summed E-state index contributed by atoms with van der Waals surface area (Å²) in [6, 6.07) is 10.4. The first-order valence-electron chi connectivity index (χ1n) is 11.1. The monoisotopic (exact) mass is 555 g/mol. The van der Waals surface area contributed by atoms with E-state index in [1.165, 1.54) is 5.56 Å². The number of carbonyl (C=O) groups is 1. The zero-order chi connectivity index (χ0) is 21.9. The molecule has 1 aliphatic heterocycles. The number of aromatic nitrogens is 3. The summed E-state index contributed by atoms with van der Waals surface area (Å²) >= 11 is 0. The Morgan fingerprint density at radius 1 is 1.12 bits per heavy atom. The number of aryl methyl sites for hydroxylation is 1. The average molecular weight is 555 g/mol. The second kappa shape index (κ2) is 13.9. The highest BCUT2D eigenvalue weighted by molar-refractivity contribution is 14.0. The minimum Gasteiger partial charge on any atom is -0.450 e. The molecule has 1 aromatic heterocycles. The van der Waals surface area contributed by atoms with Gasteiger partial charge in [0.05, 0.1) is 6.61 Å². The van der Waals surface area contributed by atoms with Crippen LogP contribution in [0.25, 0.3) is 0 Å². The maximum absolute atomic E-state index is 12.0. The third kappa shape index (κ3) is 7.64. The van der Waals surface area contributed by atoms with E-state index in [0.29, 0.717) is 26.2 Å². The number of benzene rings is 1. The molecule has 9 nitrogen and oxygen atoms in total. The Balaban J connectivity index is 0.00000363. The summed E-state index contributed by atoms with van der Waals surface area (Å²) in [7, 11) is 0. The van der Waals surface area contributed by atoms with Crippen LogP contribution in [0.1, 0.15) is 25.2 Å². The quantitative estimate of drug-likeness (QED) is 0.306. The van der Waals surface area contributed by atoms with Gasteiger partial charge in [-0.05, 0) is 18.9 Å². The summed E-state index contributed by atoms with van der Waals surface area (Å²) in [5.41, 5.74) is 1.27. The predicted molar refractivity (Wildman–Crippen MR) is 135 cm³/mol. The van der Waals surface area contributed by atoms with Crippen molar-refractivity contribution in [2.24, 2.45) is 4.99 Å². The van der Waals surface area contributed by atoms with Crippen molar-refractivity contribution in [3.05, 3.63) is 48.0 Å². The van der Waals surface area contributed by atoms with Gasteiger partial charge in [-0.1, -0.05) is 37.3 Å². The van der Waals surface area contributed by atoms with E-state index in [9.17, 15) is 4.79 Å². The van der Waals surface area contributed by atoms with Crippen molar-refractivity contribution < 1.29 is 9.53 Å². The molecule has 0 bridgehead atoms. The van der Waals surface area contributed by atoms with Gasteiger partial charge in [0.25, 0.3) is 0 Å². The number of ether oxygens (including phenoxy) is 1. The van der Waals surface area contributed by atoms with Crippen molar-refractivity contribution in [3.8, 4) is 0 Å². The molecule has 1 aliphatic rings. The molecule has 32 heavy (non-hydrogen) atoms. The fourth-order valence-electron chi connectivity index (χ4n) is 3.55. The van der Waals surface area contributed by atoms with Crippen molar-refractivity contribution >= 4 is 36.0 Å². The van der Waals surface area contributed by atoms with E-state index in [2.05, 4.69) is 56.2 Å². The van der Waals surface area contributed by atoms with Crippen LogP contribution in [0.3, 0.4) is 0 Å². The minimum absolute atomic E-state index is 0. The van der Waals surface area contributed by atoms with Gasteiger partial charge in [0.2, 0.25) is 0 Å². The Morgan fingerprint density at radius 3 is 2.53 bits per heavy atom. The SMILES string of the molecule is CCOC(=O)N1CCN(C(=NCCc2ccccc2)NCCn2cnnc2CC)CC1.I. The molecule has 1 N–H and O–H groups in total. The normalized spacial score (nSPS) is 14.1. The van der Waals surface area contributed by atoms with E-state index in [1.54, 1.807) is 11.2 Å². The highest BCUT2D eigenvalue weighted by Crippen LogP contribution is 2.06. The molecule has 1 saturated heterocycles. The first kappa shape index (κ1) is 25.9. The number of guanidine groups is 1. The van der Waals surface area contributed by atoms with Crippen LogP contribution in [0.5, 0.6) is 0 Å². The van der Waals surface area contributed by atoms with Crippen LogP contribution in [-0.2, 0) is 24.1 Å². The first-order valence-corrected chi connectivity index (χ1v) is 11.1. The van der Waals surface area contributed by atoms with Crippen molar-refractivity contribution in [1.29, 1.82) is 0 Å². The van der Waals surface area contributed by atoms with E-state index < -0.39 is 0 Å². The molecule has 0 atom stereocenters. The van der Waals surface area contributed by atoms with Crippen LogP contribution < -0.4 is 5.32 Å². The van der Waals surface area contributed by atoms with Gasteiger partial charge in [0, 0.05) is 52.2 Å². The minimum atomic E-state index is -0.239. The summed E-state index contributed by atoms with van der Waals surface area (Å²) in [4.78, 5) is 20.8. The van der Waals surface area contributed by atoms with E-state index >= 15 is 0 Å². The Hall–Kier alpha value is -2.37. The van der Waals surface area contributed by atoms with Crippen LogP contribution in [0.15, 0.2) is 41.7 Å². The molecule has 1 fully saturated rings. The number of piperazine rings is 1. The Bertz CT molecular complexity index is 836. The number of carbonyl (C=O) groups excluding carboxylic acids is 1. The Morgan fingerprint density at radius 2 is 1.84 bits per heavy atom. The average Bonchev–Trinajstić information content (AvgIpc) is 3.26. The molecule has 0 aliphatic carbocycles. The third-order valence-electron chi connectivity index (χ3n) is 5.26. The Labute approximate surface area is 207 Å². The van der Waals surface area contributed by atoms with Gasteiger partial charge in [-0.2, -0.15) is 0 Å². The van der Waals surface area contributed by atoms with Gasteiger partial charge in [-0.3, -0.25) is 4.99 Å². The molecule has 0 saturated carbocycles. The lowest BCUT2D eigenvalue weighted by Gasteiger charge is -2.36. The molecule has 2 aromatic rings. The topological polar surface area (TPSA) is 87.9 Å². The third-order valence-corrected chi connectivity index (χ3v) is 5.26. The van der Waals surface area contributed by atoms with Crippen LogP contribution in [0.4, 0.5) is 4.79 Å². The lowest BCUT2D eigenvalue weighted by molar-refractivity contribution is 0.0914. The number of amides is 1. The van der Waals surface area contributed by atoms with Crippen molar-refractivity contribution in [3.63, 3.8) is 0 Å². The molecule has 3 rings (SSSR count). The highest BCUT2D eigenvalue weighted by atomic mass is 127. The van der Waals surface area contributed by atoms with Gasteiger partial charge < -0.3 is 24.4 Å². The maximum Gasteiger partial charge on any atom is 0.409 e. The number of rotatable bonds is 8. The Kier molecular flexibility index (Phi) is 11.3. The van der Waals surface area contributed by atoms with Gasteiger partial charge in [0.1, 0.15) is 12.2 Å². The number of nitrogens with one attached hydrogen (secondary N) is 1. The summed E-state index contributed by atoms with van der Waals surface area (Å²) in [6.07, 6.45) is 3.27. The fraction of sp³-hybridized carbons (Fsp3) is 0.545. The van der Waals surface area contributed by atoms with E-state index in [-0.39, 0.29) is 30.1 Å². The van der Waals surface area contributed by atoms with Crippen LogP contribution in [-0.4, -0.2) is 82.5 Å². The van der Waals surface area contributed by atoms with Gasteiger partial charge >= 0.3 is 6.09 Å². The first-order chi connectivity index (χ1) is 15.2. The van der Waals surface area contributed by atoms with E-state index in [1.807, 2.05) is 13.0 Å². The molecule has 0 spiro atoms. The number of hydrogen-bond acceptors (Lipinski definition) is 5. The van der Waals surface area contributed by atoms with E-state index in [4.69, 9.17) is 9.73 Å². The molecule has 1 aromatic carbocycles. The van der Waals surface area contributed by atoms with E-state index in [0.717, 1.165) is 50.8 Å². The standard InChI is InChI=1S/C22H33N7O2.HI/c1-3-20-26-25-18-29(20)13-12-24-21(23-11-10-19-8-6-5-7-9-19)27-14-16-28(17-15-27)22(30)31-4-2;/h5-9,18H,3-4,10-17H2,1-2H3,(H,23,24);1H. The van der Waals surface area contributed by atoms with Crippen LogP contribution >= 0.6 is 24.0 Å². The zero-order valence-corrected chi connectivity index (χ0v) is 21.3. The second-order valence-corrected chi connectivity index (χ2v) is 7.33. The number of halogens is 1. The molecule has 176 valence electrons. The largest absolute Gasteiger partial charge is 0.450 e. The van der Waals surface area contributed by atoms with Crippen LogP contribution in [0.2, 0.25) is 0 Å². The zero-order valence-electron chi connectivity index (χ0n) is 18.9. The molecular weight excluding hydrogens is 521 g/mol. The smallest absolute Gasteiger partial charge is 0.409 e. The number of aliphatic imine (C=N–C) groups is 1. The fourth-order valence-corrected chi connectivity index (χ4v) is 3.55. The molecule has 0 radical (unpaired) electrons. The summed E-state index contributed by atoms with van der Waals surface area (Å²) in [5, 5.41) is 11.6. The summed E-state index contributed by atoms with van der Waals surface area (Å²) in [5.74, 6) is 1.86. The van der Waals surface area contributed by atoms with Gasteiger partial charge in [-0.15, -0.1) is 34.2 Å². The van der Waals surface area contributed by atoms with Crippen molar-refractivity contribution in [2.45, 2.75) is 33.2 Å². The second-order valence-electron chi connectivity index (χ2n) is 7.33. The van der Waals surface area contributed by atoms with Crippen molar-refractivity contribution in [2.75, 3.05) is 45.9 Å².